The summed E-state index contributed by atoms with van der Waals surface area (Å²) >= 11 is 5.50. The number of carbonyl (C=O) groups is 1. The van der Waals surface area contributed by atoms with Crippen molar-refractivity contribution in [2.75, 3.05) is 12.4 Å². The van der Waals surface area contributed by atoms with E-state index in [9.17, 15) is 4.79 Å². The van der Waals surface area contributed by atoms with E-state index in [1.165, 1.54) is 13.3 Å². The number of nitrogens with zero attached hydrogens (tertiary/aromatic N) is 3. The van der Waals surface area contributed by atoms with Gasteiger partial charge in [0.05, 0.1) is 13.3 Å². The maximum Gasteiger partial charge on any atom is 0.328 e. The quantitative estimate of drug-likeness (QED) is 0.742. The molecule has 0 radical (unpaired) electrons. The second kappa shape index (κ2) is 4.71. The average Bonchev–Trinajstić information content (AvgIpc) is 2.16. The molecule has 1 atom stereocenters. The van der Waals surface area contributed by atoms with Crippen LogP contribution in [0.5, 0.6) is 0 Å². The number of ether oxygens (including phenoxy) is 1. The molecule has 1 N–H and O–H groups in total. The fourth-order valence-corrected chi connectivity index (χ4v) is 0.944. The van der Waals surface area contributed by atoms with Crippen molar-refractivity contribution >= 4 is 23.4 Å². The van der Waals surface area contributed by atoms with Gasteiger partial charge >= 0.3 is 5.97 Å². The Bertz CT molecular complexity index is 333. The minimum absolute atomic E-state index is 0.0204. The smallest absolute Gasteiger partial charge is 0.328 e. The van der Waals surface area contributed by atoms with Gasteiger partial charge in [0.25, 0.3) is 0 Å². The van der Waals surface area contributed by atoms with Gasteiger partial charge in [-0.2, -0.15) is 10.1 Å². The van der Waals surface area contributed by atoms with Crippen LogP contribution in [0.25, 0.3) is 0 Å². The van der Waals surface area contributed by atoms with Gasteiger partial charge in [0.2, 0.25) is 5.28 Å². The van der Waals surface area contributed by atoms with Crippen molar-refractivity contribution < 1.29 is 9.53 Å². The number of hydrogen-bond donors (Lipinski definition) is 1. The van der Waals surface area contributed by atoms with Crippen molar-refractivity contribution in [3.05, 3.63) is 11.5 Å². The van der Waals surface area contributed by atoms with Gasteiger partial charge in [-0.05, 0) is 18.5 Å². The van der Waals surface area contributed by atoms with Gasteiger partial charge in [-0.15, -0.1) is 5.10 Å². The van der Waals surface area contributed by atoms with Crippen LogP contribution in [-0.2, 0) is 9.53 Å². The first-order valence-electron chi connectivity index (χ1n) is 3.83. The zero-order chi connectivity index (χ0) is 10.6. The zero-order valence-electron chi connectivity index (χ0n) is 7.69. The normalized spacial score (nSPS) is 11.9. The highest BCUT2D eigenvalue weighted by atomic mass is 35.5. The molecule has 76 valence electrons. The number of methoxy groups -OCH3 is 1. The highest BCUT2D eigenvalue weighted by Gasteiger charge is 2.13. The highest BCUT2D eigenvalue weighted by Crippen LogP contribution is 2.05. The monoisotopic (exact) mass is 216 g/mol. The van der Waals surface area contributed by atoms with Gasteiger partial charge in [-0.1, -0.05) is 0 Å². The first-order chi connectivity index (χ1) is 6.63. The van der Waals surface area contributed by atoms with Gasteiger partial charge in [0.15, 0.2) is 5.82 Å². The van der Waals surface area contributed by atoms with Crippen LogP contribution in [-0.4, -0.2) is 34.3 Å². The summed E-state index contributed by atoms with van der Waals surface area (Å²) in [6.07, 6.45) is 1.37. The molecular formula is C7H9ClN4O2. The molecule has 7 heteroatoms. The third kappa shape index (κ3) is 2.81. The molecular weight excluding hydrogens is 208 g/mol. The molecule has 1 aromatic heterocycles. The van der Waals surface area contributed by atoms with Crippen LogP contribution < -0.4 is 5.32 Å². The number of carbonyl (C=O) groups excluding carboxylic acids is 1. The Morgan fingerprint density at radius 3 is 3.00 bits per heavy atom. The van der Waals surface area contributed by atoms with Crippen molar-refractivity contribution in [2.45, 2.75) is 13.0 Å². The van der Waals surface area contributed by atoms with Gasteiger partial charge in [-0.25, -0.2) is 4.79 Å². The van der Waals surface area contributed by atoms with E-state index in [1.807, 2.05) is 0 Å². The topological polar surface area (TPSA) is 77.0 Å². The van der Waals surface area contributed by atoms with Gasteiger partial charge in [0, 0.05) is 0 Å². The summed E-state index contributed by atoms with van der Waals surface area (Å²) in [6.45, 7) is 1.64. The van der Waals surface area contributed by atoms with E-state index in [4.69, 9.17) is 11.6 Å². The Kier molecular flexibility index (Phi) is 3.58. The SMILES string of the molecule is COC(=O)C(C)Nc1cnnc(Cl)n1. The Hall–Kier alpha value is -1.43. The number of aromatic nitrogens is 3. The van der Waals surface area contributed by atoms with Crippen molar-refractivity contribution in [1.82, 2.24) is 15.2 Å². The van der Waals surface area contributed by atoms with Crippen molar-refractivity contribution in [1.29, 1.82) is 0 Å². The highest BCUT2D eigenvalue weighted by molar-refractivity contribution is 6.28. The molecule has 1 unspecified atom stereocenters. The van der Waals surface area contributed by atoms with Crippen LogP contribution in [0.4, 0.5) is 5.82 Å². The van der Waals surface area contributed by atoms with E-state index in [1.54, 1.807) is 6.92 Å². The van der Waals surface area contributed by atoms with E-state index < -0.39 is 6.04 Å². The van der Waals surface area contributed by atoms with E-state index in [-0.39, 0.29) is 11.3 Å². The Labute approximate surface area is 85.6 Å². The summed E-state index contributed by atoms with van der Waals surface area (Å²) in [4.78, 5) is 14.8. The Morgan fingerprint density at radius 2 is 2.43 bits per heavy atom. The molecule has 0 aliphatic rings. The number of anilines is 1. The molecule has 0 aliphatic heterocycles. The minimum atomic E-state index is -0.507. The molecule has 1 aromatic rings. The molecule has 0 bridgehead atoms. The minimum Gasteiger partial charge on any atom is -0.467 e. The van der Waals surface area contributed by atoms with Crippen LogP contribution in [0, 0.1) is 0 Å². The van der Waals surface area contributed by atoms with Crippen LogP contribution in [0.1, 0.15) is 6.92 Å². The van der Waals surface area contributed by atoms with Crippen molar-refractivity contribution in [2.24, 2.45) is 0 Å². The fourth-order valence-electron chi connectivity index (χ4n) is 0.809. The maximum atomic E-state index is 11.0. The largest absolute Gasteiger partial charge is 0.467 e. The number of hydrogen-bond acceptors (Lipinski definition) is 6. The summed E-state index contributed by atoms with van der Waals surface area (Å²) in [5.74, 6) is -0.0114. The predicted molar refractivity (Wildman–Crippen MR) is 49.9 cm³/mol. The fraction of sp³-hybridized carbons (Fsp3) is 0.429. The molecule has 0 aliphatic carbocycles. The third-order valence-corrected chi connectivity index (χ3v) is 1.61. The standard InChI is InChI=1S/C7H9ClN4O2/c1-4(6(13)14-2)10-5-3-9-12-7(8)11-5/h3-4H,1-2H3,(H,10,11,12). The summed E-state index contributed by atoms with van der Waals surface area (Å²) in [5, 5.41) is 9.80. The lowest BCUT2D eigenvalue weighted by Gasteiger charge is -2.10. The molecule has 1 rings (SSSR count). The predicted octanol–water partition coefficient (Wildman–Crippen LogP) is 0.498. The summed E-state index contributed by atoms with van der Waals surface area (Å²) < 4.78 is 4.52. The second-order valence-electron chi connectivity index (χ2n) is 2.50. The van der Waals surface area contributed by atoms with E-state index in [0.29, 0.717) is 5.82 Å². The van der Waals surface area contributed by atoms with Gasteiger partial charge in [0.1, 0.15) is 6.04 Å². The van der Waals surface area contributed by atoms with E-state index in [0.717, 1.165) is 0 Å². The summed E-state index contributed by atoms with van der Waals surface area (Å²) in [6, 6.07) is -0.507. The number of esters is 1. The average molecular weight is 217 g/mol. The lowest BCUT2D eigenvalue weighted by Crippen LogP contribution is -2.27. The van der Waals surface area contributed by atoms with Crippen molar-refractivity contribution in [3.63, 3.8) is 0 Å². The van der Waals surface area contributed by atoms with Crippen LogP contribution in [0.3, 0.4) is 0 Å². The molecule has 6 nitrogen and oxygen atoms in total. The number of halogens is 1. The first-order valence-corrected chi connectivity index (χ1v) is 4.21. The molecule has 0 fully saturated rings. The number of nitrogens with one attached hydrogen (secondary N) is 1. The molecule has 0 spiro atoms. The molecule has 1 heterocycles. The van der Waals surface area contributed by atoms with Gasteiger partial charge in [-0.3, -0.25) is 0 Å². The molecule has 14 heavy (non-hydrogen) atoms. The van der Waals surface area contributed by atoms with Crippen LogP contribution in [0.15, 0.2) is 6.20 Å². The second-order valence-corrected chi connectivity index (χ2v) is 2.84. The molecule has 0 saturated carbocycles. The lowest BCUT2D eigenvalue weighted by atomic mass is 10.3. The van der Waals surface area contributed by atoms with Crippen LogP contribution in [0.2, 0.25) is 5.28 Å². The van der Waals surface area contributed by atoms with E-state index >= 15 is 0 Å². The maximum absolute atomic E-state index is 11.0. The van der Waals surface area contributed by atoms with Gasteiger partial charge < -0.3 is 10.1 Å². The lowest BCUT2D eigenvalue weighted by molar-refractivity contribution is -0.141. The molecule has 0 saturated heterocycles. The molecule has 0 amide bonds. The van der Waals surface area contributed by atoms with E-state index in [2.05, 4.69) is 25.2 Å². The summed E-state index contributed by atoms with van der Waals surface area (Å²) in [7, 11) is 1.31. The Balaban J connectivity index is 2.64. The van der Waals surface area contributed by atoms with Crippen LogP contribution >= 0.6 is 11.6 Å². The third-order valence-electron chi connectivity index (χ3n) is 1.45. The van der Waals surface area contributed by atoms with Crippen molar-refractivity contribution in [3.8, 4) is 0 Å². The summed E-state index contributed by atoms with van der Waals surface area (Å²) in [5.41, 5.74) is 0. The Morgan fingerprint density at radius 1 is 1.71 bits per heavy atom. The molecule has 0 aromatic carbocycles. The zero-order valence-corrected chi connectivity index (χ0v) is 8.45. The first kappa shape index (κ1) is 10.6. The number of rotatable bonds is 3.